The van der Waals surface area contributed by atoms with Crippen molar-refractivity contribution in [2.75, 3.05) is 39.8 Å². The summed E-state index contributed by atoms with van der Waals surface area (Å²) < 4.78 is 0. The van der Waals surface area contributed by atoms with Gasteiger partial charge >= 0.3 is 0 Å². The van der Waals surface area contributed by atoms with Crippen LogP contribution < -0.4 is 5.73 Å². The fourth-order valence-corrected chi connectivity index (χ4v) is 2.57. The Balaban J connectivity index is 1.98. The molecule has 0 saturated carbocycles. The lowest BCUT2D eigenvalue weighted by molar-refractivity contribution is 0.147. The summed E-state index contributed by atoms with van der Waals surface area (Å²) in [6.45, 7) is 9.82. The standard InChI is InChI=1S/C15H25N3/c1-12-4-5-13(2)14(10-12)15(16)11-18-8-6-17(3)7-9-18/h4-5,10,15H,6-9,11,16H2,1-3H3. The van der Waals surface area contributed by atoms with Crippen LogP contribution in [-0.4, -0.2) is 49.6 Å². The van der Waals surface area contributed by atoms with Gasteiger partial charge in [0.2, 0.25) is 0 Å². The zero-order valence-electron chi connectivity index (χ0n) is 11.8. The maximum Gasteiger partial charge on any atom is 0.0427 e. The molecule has 18 heavy (non-hydrogen) atoms. The van der Waals surface area contributed by atoms with Crippen LogP contribution >= 0.6 is 0 Å². The van der Waals surface area contributed by atoms with Crippen molar-refractivity contribution >= 4 is 0 Å². The van der Waals surface area contributed by atoms with E-state index in [1.165, 1.54) is 16.7 Å². The van der Waals surface area contributed by atoms with Crippen LogP contribution in [0, 0.1) is 13.8 Å². The molecule has 1 aromatic rings. The molecule has 0 bridgehead atoms. The third kappa shape index (κ3) is 3.31. The van der Waals surface area contributed by atoms with Gasteiger partial charge in [0.25, 0.3) is 0 Å². The normalized spacial score (nSPS) is 20.0. The first kappa shape index (κ1) is 13.5. The first-order valence-electron chi connectivity index (χ1n) is 6.80. The van der Waals surface area contributed by atoms with E-state index in [0.29, 0.717) is 0 Å². The number of nitrogens with zero attached hydrogens (tertiary/aromatic N) is 2. The van der Waals surface area contributed by atoms with Gasteiger partial charge in [-0.15, -0.1) is 0 Å². The number of hydrogen-bond acceptors (Lipinski definition) is 3. The maximum atomic E-state index is 6.37. The zero-order valence-corrected chi connectivity index (χ0v) is 11.8. The second-order valence-electron chi connectivity index (χ2n) is 5.57. The van der Waals surface area contributed by atoms with E-state index in [0.717, 1.165) is 32.7 Å². The molecule has 0 aliphatic carbocycles. The molecule has 0 spiro atoms. The predicted octanol–water partition coefficient (Wildman–Crippen LogP) is 1.55. The monoisotopic (exact) mass is 247 g/mol. The topological polar surface area (TPSA) is 32.5 Å². The van der Waals surface area contributed by atoms with E-state index in [4.69, 9.17) is 5.73 Å². The van der Waals surface area contributed by atoms with Crippen LogP contribution in [0.3, 0.4) is 0 Å². The van der Waals surface area contributed by atoms with Crippen molar-refractivity contribution in [2.24, 2.45) is 5.73 Å². The molecule has 100 valence electrons. The quantitative estimate of drug-likeness (QED) is 0.879. The summed E-state index contributed by atoms with van der Waals surface area (Å²) in [5.74, 6) is 0. The summed E-state index contributed by atoms with van der Waals surface area (Å²) >= 11 is 0. The van der Waals surface area contributed by atoms with Crippen LogP contribution in [0.25, 0.3) is 0 Å². The smallest absolute Gasteiger partial charge is 0.0427 e. The Labute approximate surface area is 111 Å². The maximum absolute atomic E-state index is 6.37. The number of aryl methyl sites for hydroxylation is 2. The summed E-state index contributed by atoms with van der Waals surface area (Å²) in [5.41, 5.74) is 10.3. The molecule has 3 nitrogen and oxygen atoms in total. The minimum atomic E-state index is 0.133. The zero-order chi connectivity index (χ0) is 13.1. The number of likely N-dealkylation sites (N-methyl/N-ethyl adjacent to an activating group) is 1. The number of hydrogen-bond donors (Lipinski definition) is 1. The molecule has 1 aliphatic rings. The second kappa shape index (κ2) is 5.83. The van der Waals surface area contributed by atoms with Crippen molar-refractivity contribution in [3.63, 3.8) is 0 Å². The molecule has 1 fully saturated rings. The molecule has 1 heterocycles. The summed E-state index contributed by atoms with van der Waals surface area (Å²) in [4.78, 5) is 4.85. The molecule has 1 saturated heterocycles. The fourth-order valence-electron chi connectivity index (χ4n) is 2.57. The largest absolute Gasteiger partial charge is 0.323 e. The Morgan fingerprint density at radius 2 is 1.83 bits per heavy atom. The van der Waals surface area contributed by atoms with Gasteiger partial charge < -0.3 is 10.6 Å². The third-order valence-corrected chi connectivity index (χ3v) is 3.89. The van der Waals surface area contributed by atoms with Gasteiger partial charge in [-0.3, -0.25) is 4.90 Å². The molecule has 1 atom stereocenters. The Morgan fingerprint density at radius 3 is 2.50 bits per heavy atom. The van der Waals surface area contributed by atoms with Crippen LogP contribution in [0.15, 0.2) is 18.2 Å². The molecule has 0 radical (unpaired) electrons. The highest BCUT2D eigenvalue weighted by Gasteiger charge is 2.18. The fraction of sp³-hybridized carbons (Fsp3) is 0.600. The highest BCUT2D eigenvalue weighted by Crippen LogP contribution is 2.18. The number of piperazine rings is 1. The van der Waals surface area contributed by atoms with Crippen LogP contribution in [0.2, 0.25) is 0 Å². The van der Waals surface area contributed by atoms with Crippen molar-refractivity contribution in [1.82, 2.24) is 9.80 Å². The van der Waals surface area contributed by atoms with E-state index in [-0.39, 0.29) is 6.04 Å². The lowest BCUT2D eigenvalue weighted by Crippen LogP contribution is -2.46. The minimum absolute atomic E-state index is 0.133. The van der Waals surface area contributed by atoms with Crippen LogP contribution in [0.1, 0.15) is 22.7 Å². The van der Waals surface area contributed by atoms with Gasteiger partial charge in [-0.2, -0.15) is 0 Å². The third-order valence-electron chi connectivity index (χ3n) is 3.89. The van der Waals surface area contributed by atoms with Gasteiger partial charge in [-0.25, -0.2) is 0 Å². The van der Waals surface area contributed by atoms with Gasteiger partial charge in [-0.1, -0.05) is 23.8 Å². The van der Waals surface area contributed by atoms with E-state index in [2.05, 4.69) is 48.9 Å². The van der Waals surface area contributed by atoms with Crippen LogP contribution in [0.4, 0.5) is 0 Å². The predicted molar refractivity (Wildman–Crippen MR) is 76.8 cm³/mol. The van der Waals surface area contributed by atoms with Gasteiger partial charge in [0.15, 0.2) is 0 Å². The van der Waals surface area contributed by atoms with E-state index in [1.807, 2.05) is 0 Å². The lowest BCUT2D eigenvalue weighted by atomic mass is 9.99. The lowest BCUT2D eigenvalue weighted by Gasteiger charge is -2.34. The Bertz CT molecular complexity index is 395. The average molecular weight is 247 g/mol. The molecular weight excluding hydrogens is 222 g/mol. The summed E-state index contributed by atoms with van der Waals surface area (Å²) in [6, 6.07) is 6.69. The van der Waals surface area contributed by atoms with Crippen molar-refractivity contribution in [1.29, 1.82) is 0 Å². The molecule has 2 rings (SSSR count). The molecule has 0 amide bonds. The summed E-state index contributed by atoms with van der Waals surface area (Å²) in [5, 5.41) is 0. The molecule has 1 aliphatic heterocycles. The number of rotatable bonds is 3. The molecule has 2 N–H and O–H groups in total. The minimum Gasteiger partial charge on any atom is -0.323 e. The van der Waals surface area contributed by atoms with Crippen LogP contribution in [0.5, 0.6) is 0 Å². The van der Waals surface area contributed by atoms with Crippen molar-refractivity contribution < 1.29 is 0 Å². The van der Waals surface area contributed by atoms with E-state index >= 15 is 0 Å². The van der Waals surface area contributed by atoms with Gasteiger partial charge in [-0.05, 0) is 32.0 Å². The highest BCUT2D eigenvalue weighted by atomic mass is 15.2. The summed E-state index contributed by atoms with van der Waals surface area (Å²) in [7, 11) is 2.18. The van der Waals surface area contributed by atoms with E-state index in [9.17, 15) is 0 Å². The highest BCUT2D eigenvalue weighted by molar-refractivity contribution is 5.33. The molecule has 1 unspecified atom stereocenters. The van der Waals surface area contributed by atoms with Crippen molar-refractivity contribution in [3.8, 4) is 0 Å². The van der Waals surface area contributed by atoms with Gasteiger partial charge in [0, 0.05) is 38.8 Å². The van der Waals surface area contributed by atoms with Gasteiger partial charge in [0.1, 0.15) is 0 Å². The van der Waals surface area contributed by atoms with Crippen LogP contribution in [-0.2, 0) is 0 Å². The molecule has 1 aromatic carbocycles. The van der Waals surface area contributed by atoms with E-state index in [1.54, 1.807) is 0 Å². The first-order valence-corrected chi connectivity index (χ1v) is 6.80. The summed E-state index contributed by atoms with van der Waals surface area (Å²) in [6.07, 6.45) is 0. The van der Waals surface area contributed by atoms with Crippen molar-refractivity contribution in [2.45, 2.75) is 19.9 Å². The molecular formula is C15H25N3. The Kier molecular flexibility index (Phi) is 4.38. The molecule has 3 heteroatoms. The average Bonchev–Trinajstić information content (AvgIpc) is 2.35. The number of benzene rings is 1. The SMILES string of the molecule is Cc1ccc(C)c(C(N)CN2CCN(C)CC2)c1. The number of nitrogens with two attached hydrogens (primary N) is 1. The van der Waals surface area contributed by atoms with Gasteiger partial charge in [0.05, 0.1) is 0 Å². The Hall–Kier alpha value is -0.900. The Morgan fingerprint density at radius 1 is 1.17 bits per heavy atom. The first-order chi connectivity index (χ1) is 8.56. The molecule has 0 aromatic heterocycles. The van der Waals surface area contributed by atoms with E-state index < -0.39 is 0 Å². The van der Waals surface area contributed by atoms with Crippen molar-refractivity contribution in [3.05, 3.63) is 34.9 Å². The second-order valence-corrected chi connectivity index (χ2v) is 5.57.